The molecule has 2 aromatic carbocycles. The van der Waals surface area contributed by atoms with E-state index in [4.69, 9.17) is 16.3 Å². The molecule has 0 bridgehead atoms. The van der Waals surface area contributed by atoms with E-state index in [0.717, 1.165) is 11.6 Å². The second-order valence-electron chi connectivity index (χ2n) is 6.54. The van der Waals surface area contributed by atoms with E-state index in [1.807, 2.05) is 0 Å². The molecule has 1 aliphatic heterocycles. The Kier molecular flexibility index (Phi) is 6.45. The monoisotopic (exact) mass is 440 g/mol. The number of hydrogen-bond acceptors (Lipinski definition) is 4. The van der Waals surface area contributed by atoms with Crippen LogP contribution in [0.4, 0.5) is 10.1 Å². The van der Waals surface area contributed by atoms with Crippen LogP contribution in [0, 0.1) is 5.82 Å². The van der Waals surface area contributed by atoms with Gasteiger partial charge in [-0.25, -0.2) is 12.8 Å². The van der Waals surface area contributed by atoms with Gasteiger partial charge in [-0.1, -0.05) is 25.4 Å². The Bertz CT molecular complexity index is 1030. The first-order valence-corrected chi connectivity index (χ1v) is 11.1. The van der Waals surface area contributed by atoms with Gasteiger partial charge in [0.15, 0.2) is 6.61 Å². The van der Waals surface area contributed by atoms with Gasteiger partial charge in [-0.05, 0) is 48.4 Å². The number of carbonyl (C=O) groups excluding carboxylic acids is 1. The number of fused-ring (bicyclic) bond motifs is 1. The molecule has 29 heavy (non-hydrogen) atoms. The lowest BCUT2D eigenvalue weighted by molar-refractivity contribution is -0.120. The van der Waals surface area contributed by atoms with E-state index < -0.39 is 15.8 Å². The quantitative estimate of drug-likeness (QED) is 0.661. The second kappa shape index (κ2) is 8.69. The zero-order valence-electron chi connectivity index (χ0n) is 16.2. The van der Waals surface area contributed by atoms with Crippen LogP contribution in [0.25, 0.3) is 0 Å². The van der Waals surface area contributed by atoms with Crippen LogP contribution in [-0.4, -0.2) is 44.9 Å². The summed E-state index contributed by atoms with van der Waals surface area (Å²) in [5.41, 5.74) is 1.47. The van der Waals surface area contributed by atoms with Gasteiger partial charge < -0.3 is 9.64 Å². The number of anilines is 1. The van der Waals surface area contributed by atoms with Crippen molar-refractivity contribution >= 4 is 33.2 Å². The maximum absolute atomic E-state index is 13.1. The highest BCUT2D eigenvalue weighted by Gasteiger charge is 2.28. The Morgan fingerprint density at radius 2 is 1.93 bits per heavy atom. The smallest absolute Gasteiger partial charge is 0.264 e. The van der Waals surface area contributed by atoms with Crippen molar-refractivity contribution < 1.29 is 22.3 Å². The predicted octanol–water partition coefficient (Wildman–Crippen LogP) is 3.48. The summed E-state index contributed by atoms with van der Waals surface area (Å²) < 4.78 is 45.4. The minimum atomic E-state index is -3.56. The van der Waals surface area contributed by atoms with Crippen molar-refractivity contribution in [3.63, 3.8) is 0 Å². The molecule has 0 radical (unpaired) electrons. The van der Waals surface area contributed by atoms with E-state index in [-0.39, 0.29) is 28.2 Å². The Hall–Kier alpha value is -2.16. The molecule has 1 amide bonds. The second-order valence-corrected chi connectivity index (χ2v) is 8.88. The molecule has 6 nitrogen and oxygen atoms in total. The van der Waals surface area contributed by atoms with Crippen LogP contribution >= 0.6 is 11.6 Å². The summed E-state index contributed by atoms with van der Waals surface area (Å²) in [6, 6.07) is 8.50. The van der Waals surface area contributed by atoms with Crippen LogP contribution in [-0.2, 0) is 21.2 Å². The van der Waals surface area contributed by atoms with E-state index in [1.54, 1.807) is 30.9 Å². The molecule has 0 N–H and O–H groups in total. The molecular weight excluding hydrogens is 419 g/mol. The fraction of sp³-hybridized carbons (Fsp3) is 0.350. The van der Waals surface area contributed by atoms with Gasteiger partial charge in [-0.2, -0.15) is 4.31 Å². The van der Waals surface area contributed by atoms with E-state index >= 15 is 0 Å². The van der Waals surface area contributed by atoms with Crippen LogP contribution in [0.1, 0.15) is 19.4 Å². The Balaban J connectivity index is 1.75. The average molecular weight is 441 g/mol. The summed E-state index contributed by atoms with van der Waals surface area (Å²) in [5.74, 6) is -0.553. The minimum absolute atomic E-state index is 0.0888. The summed E-state index contributed by atoms with van der Waals surface area (Å²) in [6.07, 6.45) is 0.556. The number of hydrogen-bond donors (Lipinski definition) is 0. The van der Waals surface area contributed by atoms with Crippen molar-refractivity contribution in [2.75, 3.05) is 31.1 Å². The van der Waals surface area contributed by atoms with Gasteiger partial charge in [0, 0.05) is 25.3 Å². The predicted molar refractivity (Wildman–Crippen MR) is 110 cm³/mol. The number of rotatable bonds is 7. The lowest BCUT2D eigenvalue weighted by atomic mass is 10.2. The number of benzene rings is 2. The Morgan fingerprint density at radius 1 is 1.21 bits per heavy atom. The molecule has 0 saturated carbocycles. The third-order valence-electron chi connectivity index (χ3n) is 4.84. The Morgan fingerprint density at radius 3 is 2.59 bits per heavy atom. The van der Waals surface area contributed by atoms with Crippen molar-refractivity contribution in [1.29, 1.82) is 0 Å². The molecule has 1 aliphatic rings. The molecule has 0 saturated heterocycles. The first kappa shape index (κ1) is 21.5. The van der Waals surface area contributed by atoms with Gasteiger partial charge in [-0.3, -0.25) is 4.79 Å². The number of carbonyl (C=O) groups is 1. The van der Waals surface area contributed by atoms with Crippen LogP contribution in [0.5, 0.6) is 5.75 Å². The molecule has 0 atom stereocenters. The number of amides is 1. The van der Waals surface area contributed by atoms with E-state index in [9.17, 15) is 17.6 Å². The molecule has 9 heteroatoms. The molecule has 0 aromatic heterocycles. The van der Waals surface area contributed by atoms with Gasteiger partial charge >= 0.3 is 0 Å². The van der Waals surface area contributed by atoms with Gasteiger partial charge in [0.05, 0.1) is 9.92 Å². The average Bonchev–Trinajstić information content (AvgIpc) is 3.11. The molecule has 156 valence electrons. The van der Waals surface area contributed by atoms with Crippen LogP contribution in [0.15, 0.2) is 41.3 Å². The van der Waals surface area contributed by atoms with Crippen LogP contribution < -0.4 is 9.64 Å². The zero-order valence-corrected chi connectivity index (χ0v) is 17.8. The largest absolute Gasteiger partial charge is 0.482 e. The molecule has 0 spiro atoms. The molecule has 0 unspecified atom stereocenters. The third kappa shape index (κ3) is 4.39. The number of nitrogens with zero attached hydrogens (tertiary/aromatic N) is 2. The highest BCUT2D eigenvalue weighted by Crippen LogP contribution is 2.31. The normalized spacial score (nSPS) is 13.6. The Labute approximate surface area is 174 Å². The van der Waals surface area contributed by atoms with E-state index in [1.165, 1.54) is 22.5 Å². The topological polar surface area (TPSA) is 66.9 Å². The van der Waals surface area contributed by atoms with Crippen molar-refractivity contribution in [3.8, 4) is 5.75 Å². The molecule has 2 aromatic rings. The van der Waals surface area contributed by atoms with Crippen molar-refractivity contribution in [3.05, 3.63) is 52.8 Å². The lowest BCUT2D eigenvalue weighted by Crippen LogP contribution is -2.33. The summed E-state index contributed by atoms with van der Waals surface area (Å²) in [6.45, 7) is 4.55. The first-order chi connectivity index (χ1) is 13.8. The molecule has 3 rings (SSSR count). The van der Waals surface area contributed by atoms with Crippen molar-refractivity contribution in [2.24, 2.45) is 0 Å². The highest BCUT2D eigenvalue weighted by molar-refractivity contribution is 7.89. The van der Waals surface area contributed by atoms with Crippen LogP contribution in [0.2, 0.25) is 5.02 Å². The fourth-order valence-corrected chi connectivity index (χ4v) is 5.05. The number of ether oxygens (including phenoxy) is 1. The zero-order chi connectivity index (χ0) is 21.2. The maximum Gasteiger partial charge on any atom is 0.264 e. The van der Waals surface area contributed by atoms with Gasteiger partial charge in [0.2, 0.25) is 10.0 Å². The lowest BCUT2D eigenvalue weighted by Gasteiger charge is -2.20. The molecule has 0 fully saturated rings. The maximum atomic E-state index is 13.1. The fourth-order valence-electron chi connectivity index (χ4n) is 3.32. The minimum Gasteiger partial charge on any atom is -0.482 e. The standard InChI is InChI=1S/C20H22ClFN2O4S/c1-3-23(4-2)29(26,27)16-6-7-18-14(11-16)9-10-24(18)20(25)13-28-19-8-5-15(22)12-17(19)21/h5-8,11-12H,3-4,9-10,13H2,1-2H3. The molecule has 1 heterocycles. The SMILES string of the molecule is CCN(CC)S(=O)(=O)c1ccc2c(c1)CCN2C(=O)COc1ccc(F)cc1Cl. The van der Waals surface area contributed by atoms with E-state index in [2.05, 4.69) is 0 Å². The molecule has 0 aliphatic carbocycles. The summed E-state index contributed by atoms with van der Waals surface area (Å²) in [7, 11) is -3.56. The van der Waals surface area contributed by atoms with E-state index in [0.29, 0.717) is 31.7 Å². The first-order valence-electron chi connectivity index (χ1n) is 9.29. The van der Waals surface area contributed by atoms with Crippen LogP contribution in [0.3, 0.4) is 0 Å². The van der Waals surface area contributed by atoms with Crippen molar-refractivity contribution in [1.82, 2.24) is 4.31 Å². The summed E-state index contributed by atoms with van der Waals surface area (Å²) >= 11 is 5.91. The van der Waals surface area contributed by atoms with Gasteiger partial charge in [0.1, 0.15) is 11.6 Å². The van der Waals surface area contributed by atoms with Gasteiger partial charge in [-0.15, -0.1) is 0 Å². The third-order valence-corrected chi connectivity index (χ3v) is 7.18. The number of sulfonamides is 1. The van der Waals surface area contributed by atoms with Crippen molar-refractivity contribution in [2.45, 2.75) is 25.2 Å². The molecular formula is C20H22ClFN2O4S. The number of halogens is 2. The van der Waals surface area contributed by atoms with Gasteiger partial charge in [0.25, 0.3) is 5.91 Å². The summed E-state index contributed by atoms with van der Waals surface area (Å²) in [5, 5.41) is 0.0888. The highest BCUT2D eigenvalue weighted by atomic mass is 35.5. The summed E-state index contributed by atoms with van der Waals surface area (Å²) in [4.78, 5) is 14.4.